The number of hydrogen-bond acceptors (Lipinski definition) is 5. The summed E-state index contributed by atoms with van der Waals surface area (Å²) in [4.78, 5) is 17.4. The number of aromatic nitrogens is 4. The van der Waals surface area contributed by atoms with E-state index in [2.05, 4.69) is 15.4 Å². The summed E-state index contributed by atoms with van der Waals surface area (Å²) in [5.41, 5.74) is -1.60. The third-order valence-electron chi connectivity index (χ3n) is 5.20. The number of nitrogens with zero attached hydrogens (tertiary/aromatic N) is 4. The molecule has 32 heavy (non-hydrogen) atoms. The fraction of sp³-hybridized carbons (Fsp3) is 0.286. The minimum absolute atomic E-state index is 0.345. The number of hydrogen-bond donors (Lipinski definition) is 2. The maximum absolute atomic E-state index is 13.6. The molecule has 7 nitrogen and oxygen atoms in total. The van der Waals surface area contributed by atoms with Crippen LogP contribution in [-0.2, 0) is 12.6 Å². The summed E-state index contributed by atoms with van der Waals surface area (Å²) in [5, 5.41) is 18.2. The first-order valence-electron chi connectivity index (χ1n) is 9.71. The molecule has 2 N–H and O–H groups in total. The maximum atomic E-state index is 13.6. The zero-order chi connectivity index (χ0) is 23.1. The van der Waals surface area contributed by atoms with Gasteiger partial charge in [0.2, 0.25) is 5.60 Å². The van der Waals surface area contributed by atoms with E-state index in [1.54, 1.807) is 10.7 Å². The van der Waals surface area contributed by atoms with E-state index in [0.29, 0.717) is 4.88 Å². The molecule has 1 unspecified atom stereocenters. The first kappa shape index (κ1) is 22.0. The highest BCUT2D eigenvalue weighted by Crippen LogP contribution is 2.40. The topological polar surface area (TPSA) is 85.0 Å². The van der Waals surface area contributed by atoms with Gasteiger partial charge in [0.15, 0.2) is 0 Å². The fourth-order valence-electron chi connectivity index (χ4n) is 3.49. The van der Waals surface area contributed by atoms with Crippen LogP contribution in [0, 0.1) is 6.92 Å². The molecule has 0 bridgehead atoms. The molecule has 3 aromatic heterocycles. The van der Waals surface area contributed by atoms with Gasteiger partial charge in [-0.15, -0.1) is 11.3 Å². The summed E-state index contributed by atoms with van der Waals surface area (Å²) in [7, 11) is 1.37. The Morgan fingerprint density at radius 1 is 1.25 bits per heavy atom. The summed E-state index contributed by atoms with van der Waals surface area (Å²) in [6, 6.07) is 11.1. The van der Waals surface area contributed by atoms with Gasteiger partial charge in [0.05, 0.1) is 16.3 Å². The Morgan fingerprint density at radius 3 is 2.59 bits per heavy atom. The molecule has 0 aliphatic carbocycles. The van der Waals surface area contributed by atoms with Gasteiger partial charge >= 0.3 is 6.18 Å². The highest BCUT2D eigenvalue weighted by molar-refractivity contribution is 7.20. The molecular formula is C21H20F3N5O2S. The highest BCUT2D eigenvalue weighted by atomic mass is 32.1. The van der Waals surface area contributed by atoms with Gasteiger partial charge in [0, 0.05) is 37.8 Å². The maximum Gasteiger partial charge on any atom is 0.424 e. The Morgan fingerprint density at radius 2 is 1.97 bits per heavy atom. The van der Waals surface area contributed by atoms with Gasteiger partial charge in [0.1, 0.15) is 10.7 Å². The van der Waals surface area contributed by atoms with Crippen molar-refractivity contribution in [3.05, 3.63) is 65.2 Å². The second-order valence-corrected chi connectivity index (χ2v) is 8.42. The molecule has 0 radical (unpaired) electrons. The normalized spacial score (nSPS) is 13.9. The van der Waals surface area contributed by atoms with Crippen molar-refractivity contribution in [2.24, 2.45) is 7.05 Å². The number of carbonyl (C=O) groups excluding carboxylic acids is 1. The molecule has 0 saturated heterocycles. The first-order valence-corrected chi connectivity index (χ1v) is 10.5. The number of halogens is 3. The van der Waals surface area contributed by atoms with Crippen molar-refractivity contribution in [3.63, 3.8) is 0 Å². The molecule has 3 heterocycles. The number of aliphatic hydroxyl groups is 1. The van der Waals surface area contributed by atoms with Gasteiger partial charge in [-0.05, 0) is 25.1 Å². The van der Waals surface area contributed by atoms with Crippen molar-refractivity contribution >= 4 is 27.5 Å². The van der Waals surface area contributed by atoms with E-state index < -0.39 is 29.9 Å². The molecule has 0 aliphatic heterocycles. The number of amides is 1. The van der Waals surface area contributed by atoms with Gasteiger partial charge in [-0.2, -0.15) is 18.3 Å². The van der Waals surface area contributed by atoms with Gasteiger partial charge in [0.25, 0.3) is 5.91 Å². The lowest BCUT2D eigenvalue weighted by Gasteiger charge is -2.29. The predicted molar refractivity (Wildman–Crippen MR) is 114 cm³/mol. The van der Waals surface area contributed by atoms with Crippen molar-refractivity contribution in [1.82, 2.24) is 24.6 Å². The first-order chi connectivity index (χ1) is 15.1. The average Bonchev–Trinajstić information content (AvgIpc) is 3.44. The number of aryl methyl sites for hydroxylation is 2. The van der Waals surface area contributed by atoms with Crippen LogP contribution in [0.1, 0.15) is 27.6 Å². The Bertz CT molecular complexity index is 1260. The lowest BCUT2D eigenvalue weighted by Crippen LogP contribution is -2.46. The standard InChI is InChI=1S/C21H20F3N5O2S/c1-13-15-12-16(32-18(15)29(27-13)14-6-4-3-5-7-14)17(30)25-9-8-20(31,21(22,23)24)19-26-10-11-28(19)2/h3-7,10-12,31H,8-9H2,1-2H3,(H,25,30). The largest absolute Gasteiger partial charge is 0.424 e. The van der Waals surface area contributed by atoms with E-state index in [1.165, 1.54) is 30.8 Å². The molecule has 168 valence electrons. The molecular weight excluding hydrogens is 443 g/mol. The molecule has 1 atom stereocenters. The van der Waals surface area contributed by atoms with Crippen molar-refractivity contribution < 1.29 is 23.1 Å². The van der Waals surface area contributed by atoms with E-state index in [4.69, 9.17) is 0 Å². The van der Waals surface area contributed by atoms with Gasteiger partial charge in [-0.25, -0.2) is 9.67 Å². The van der Waals surface area contributed by atoms with Gasteiger partial charge < -0.3 is 15.0 Å². The van der Waals surface area contributed by atoms with Crippen molar-refractivity contribution in [1.29, 1.82) is 0 Å². The monoisotopic (exact) mass is 463 g/mol. The van der Waals surface area contributed by atoms with Crippen LogP contribution >= 0.6 is 11.3 Å². The minimum Gasteiger partial charge on any atom is -0.374 e. The highest BCUT2D eigenvalue weighted by Gasteiger charge is 2.57. The number of nitrogens with one attached hydrogen (secondary N) is 1. The Labute approximate surface area is 185 Å². The molecule has 0 aliphatic rings. The number of carbonyl (C=O) groups is 1. The number of fused-ring (bicyclic) bond motifs is 1. The van der Waals surface area contributed by atoms with Crippen LogP contribution in [0.4, 0.5) is 13.2 Å². The summed E-state index contributed by atoms with van der Waals surface area (Å²) >= 11 is 1.20. The Kier molecular flexibility index (Phi) is 5.55. The van der Waals surface area contributed by atoms with Gasteiger partial charge in [-0.1, -0.05) is 18.2 Å². The van der Waals surface area contributed by atoms with Crippen LogP contribution in [0.5, 0.6) is 0 Å². The van der Waals surface area contributed by atoms with E-state index in [1.807, 2.05) is 37.3 Å². The van der Waals surface area contributed by atoms with Crippen LogP contribution in [-0.4, -0.2) is 43.1 Å². The summed E-state index contributed by atoms with van der Waals surface area (Å²) in [6.45, 7) is 1.44. The van der Waals surface area contributed by atoms with Crippen LogP contribution in [0.25, 0.3) is 15.9 Å². The molecule has 11 heteroatoms. The third kappa shape index (κ3) is 3.78. The predicted octanol–water partition coefficient (Wildman–Crippen LogP) is 3.70. The zero-order valence-corrected chi connectivity index (χ0v) is 18.0. The zero-order valence-electron chi connectivity index (χ0n) is 17.2. The van der Waals surface area contributed by atoms with Crippen molar-refractivity contribution in [2.45, 2.75) is 25.1 Å². The number of para-hydroxylation sites is 1. The summed E-state index contributed by atoms with van der Waals surface area (Å²) in [5.74, 6) is -1.05. The van der Waals surface area contributed by atoms with Crippen LogP contribution in [0.15, 0.2) is 48.8 Å². The molecule has 1 amide bonds. The minimum atomic E-state index is -4.95. The molecule has 4 rings (SSSR count). The number of thiophene rings is 1. The lowest BCUT2D eigenvalue weighted by molar-refractivity contribution is -0.272. The number of rotatable bonds is 6. The van der Waals surface area contributed by atoms with Crippen LogP contribution in [0.2, 0.25) is 0 Å². The number of benzene rings is 1. The van der Waals surface area contributed by atoms with Crippen molar-refractivity contribution in [3.8, 4) is 5.69 Å². The molecule has 0 fully saturated rings. The quantitative estimate of drug-likeness (QED) is 0.457. The second-order valence-electron chi connectivity index (χ2n) is 7.39. The van der Waals surface area contributed by atoms with E-state index in [9.17, 15) is 23.1 Å². The number of alkyl halides is 3. The van der Waals surface area contributed by atoms with E-state index in [-0.39, 0.29) is 6.54 Å². The molecule has 1 aromatic carbocycles. The van der Waals surface area contributed by atoms with Crippen LogP contribution < -0.4 is 5.32 Å². The Balaban J connectivity index is 1.53. The average molecular weight is 463 g/mol. The van der Waals surface area contributed by atoms with Gasteiger partial charge in [-0.3, -0.25) is 4.79 Å². The third-order valence-corrected chi connectivity index (χ3v) is 6.31. The smallest absolute Gasteiger partial charge is 0.374 e. The molecule has 0 spiro atoms. The van der Waals surface area contributed by atoms with Crippen molar-refractivity contribution in [2.75, 3.05) is 6.54 Å². The van der Waals surface area contributed by atoms with E-state index in [0.717, 1.165) is 26.2 Å². The SMILES string of the molecule is Cc1nn(-c2ccccc2)c2sc(C(=O)NCCC(O)(c3nccn3C)C(F)(F)F)cc12. The molecule has 0 saturated carbocycles. The summed E-state index contributed by atoms with van der Waals surface area (Å²) < 4.78 is 43.7. The second kappa shape index (κ2) is 8.06. The van der Waals surface area contributed by atoms with Crippen LogP contribution in [0.3, 0.4) is 0 Å². The lowest BCUT2D eigenvalue weighted by atomic mass is 9.97. The Hall–Kier alpha value is -3.18. The van der Waals surface area contributed by atoms with E-state index >= 15 is 0 Å². The fourth-order valence-corrected chi connectivity index (χ4v) is 4.59. The number of imidazole rings is 1. The molecule has 4 aromatic rings. The summed E-state index contributed by atoms with van der Waals surface area (Å²) in [6.07, 6.45) is -3.22.